The van der Waals surface area contributed by atoms with Crippen molar-refractivity contribution in [3.63, 3.8) is 0 Å². The average Bonchev–Trinajstić information content (AvgIpc) is 3.07. The van der Waals surface area contributed by atoms with E-state index in [1.807, 2.05) is 13.1 Å². The second kappa shape index (κ2) is 17.0. The molecule has 0 aliphatic carbocycles. The number of nitrogens with two attached hydrogens (primary N) is 1. The lowest BCUT2D eigenvalue weighted by molar-refractivity contribution is -0.137. The third-order valence-corrected chi connectivity index (χ3v) is 6.90. The monoisotopic (exact) mass is 568 g/mol. The minimum Gasteiger partial charge on any atom is -0.388 e. The van der Waals surface area contributed by atoms with Crippen LogP contribution in [0.4, 0.5) is 24.9 Å². The molecule has 9 nitrogen and oxygen atoms in total. The minimum atomic E-state index is -4.64. The van der Waals surface area contributed by atoms with Gasteiger partial charge in [-0.05, 0) is 32.1 Å². The fourth-order valence-electron chi connectivity index (χ4n) is 4.74. The van der Waals surface area contributed by atoms with E-state index in [2.05, 4.69) is 51.7 Å². The van der Waals surface area contributed by atoms with Crippen molar-refractivity contribution in [2.45, 2.75) is 104 Å². The number of alkyl halides is 3. The van der Waals surface area contributed by atoms with Crippen molar-refractivity contribution in [2.24, 2.45) is 10.7 Å². The number of nitrogens with one attached hydrogen (secondary N) is 3. The normalized spacial score (nSPS) is 17.4. The van der Waals surface area contributed by atoms with E-state index in [0.29, 0.717) is 44.9 Å². The highest BCUT2D eigenvalue weighted by molar-refractivity contribution is 5.98. The van der Waals surface area contributed by atoms with E-state index < -0.39 is 11.7 Å². The molecule has 0 spiro atoms. The summed E-state index contributed by atoms with van der Waals surface area (Å²) in [6, 6.07) is 0.497. The summed E-state index contributed by atoms with van der Waals surface area (Å²) in [5.41, 5.74) is 5.96. The van der Waals surface area contributed by atoms with Crippen molar-refractivity contribution >= 4 is 23.5 Å². The predicted molar refractivity (Wildman–Crippen MR) is 154 cm³/mol. The van der Waals surface area contributed by atoms with E-state index in [0.717, 1.165) is 50.3 Å². The van der Waals surface area contributed by atoms with Crippen molar-refractivity contribution in [2.75, 3.05) is 31.5 Å². The van der Waals surface area contributed by atoms with Gasteiger partial charge in [0.1, 0.15) is 17.2 Å². The number of rotatable bonds is 16. The van der Waals surface area contributed by atoms with E-state index in [-0.39, 0.29) is 36.1 Å². The molecule has 1 aliphatic heterocycles. The molecule has 1 aromatic rings. The molecule has 12 heteroatoms. The van der Waals surface area contributed by atoms with Crippen LogP contribution in [-0.2, 0) is 11.0 Å². The van der Waals surface area contributed by atoms with Crippen LogP contribution in [0, 0.1) is 0 Å². The molecule has 1 atom stereocenters. The summed E-state index contributed by atoms with van der Waals surface area (Å²) < 4.78 is 41.0. The maximum atomic E-state index is 13.7. The number of nitrogens with zero attached hydrogens (tertiary/aromatic N) is 4. The van der Waals surface area contributed by atoms with Crippen LogP contribution in [0.3, 0.4) is 0 Å². The van der Waals surface area contributed by atoms with Gasteiger partial charge in [-0.25, -0.2) is 4.98 Å². The molecule has 0 aromatic carbocycles. The van der Waals surface area contributed by atoms with Crippen LogP contribution in [0.2, 0.25) is 0 Å². The fourth-order valence-corrected chi connectivity index (χ4v) is 4.74. The highest BCUT2D eigenvalue weighted by atomic mass is 19.4. The number of anilines is 1. The average molecular weight is 569 g/mol. The Labute approximate surface area is 236 Å². The van der Waals surface area contributed by atoms with Crippen LogP contribution in [0.1, 0.15) is 91.0 Å². The first kappa shape index (κ1) is 33.3. The van der Waals surface area contributed by atoms with Crippen LogP contribution in [0.15, 0.2) is 23.0 Å². The Morgan fingerprint density at radius 3 is 2.60 bits per heavy atom. The number of carbonyl (C=O) groups is 1. The number of amides is 1. The van der Waals surface area contributed by atoms with Gasteiger partial charge >= 0.3 is 6.18 Å². The van der Waals surface area contributed by atoms with Crippen molar-refractivity contribution in [3.05, 3.63) is 23.5 Å². The zero-order valence-corrected chi connectivity index (χ0v) is 24.4. The molecule has 40 heavy (non-hydrogen) atoms. The Kier molecular flexibility index (Phi) is 14.2. The molecule has 5 N–H and O–H groups in total. The summed E-state index contributed by atoms with van der Waals surface area (Å²) in [7, 11) is 0. The van der Waals surface area contributed by atoms with E-state index in [9.17, 15) is 18.0 Å². The molecule has 0 bridgehead atoms. The van der Waals surface area contributed by atoms with Crippen molar-refractivity contribution < 1.29 is 18.0 Å². The lowest BCUT2D eigenvalue weighted by Crippen LogP contribution is -2.34. The number of aliphatic imine (C=N–C) groups is 1. The van der Waals surface area contributed by atoms with Gasteiger partial charge in [-0.3, -0.25) is 4.79 Å². The summed E-state index contributed by atoms with van der Waals surface area (Å²) in [4.78, 5) is 26.4. The molecule has 1 unspecified atom stereocenters. The number of carbonyl (C=O) groups excluding carboxylic acids is 1. The summed E-state index contributed by atoms with van der Waals surface area (Å²) in [5.74, 6) is -0.283. The van der Waals surface area contributed by atoms with E-state index in [4.69, 9.17) is 5.73 Å². The van der Waals surface area contributed by atoms with Crippen molar-refractivity contribution in [1.29, 1.82) is 0 Å². The third kappa shape index (κ3) is 10.9. The van der Waals surface area contributed by atoms with Gasteiger partial charge < -0.3 is 26.6 Å². The Bertz CT molecular complexity index is 977. The topological polar surface area (TPSA) is 121 Å². The van der Waals surface area contributed by atoms with Gasteiger partial charge in [-0.15, -0.1) is 0 Å². The van der Waals surface area contributed by atoms with Gasteiger partial charge in [-0.2, -0.15) is 23.1 Å². The Balaban J connectivity index is 2.10. The summed E-state index contributed by atoms with van der Waals surface area (Å²) in [6.07, 6.45) is 5.52. The summed E-state index contributed by atoms with van der Waals surface area (Å²) >= 11 is 0. The smallest absolute Gasteiger partial charge is 0.388 e. The van der Waals surface area contributed by atoms with E-state index >= 15 is 0 Å². The van der Waals surface area contributed by atoms with Gasteiger partial charge in [0.25, 0.3) is 5.95 Å². The first-order valence-corrected chi connectivity index (χ1v) is 14.6. The van der Waals surface area contributed by atoms with Crippen LogP contribution >= 0.6 is 0 Å². The fraction of sp³-hybridized carbons (Fsp3) is 0.714. The van der Waals surface area contributed by atoms with Gasteiger partial charge in [-0.1, -0.05) is 47.0 Å². The molecule has 1 aromatic heterocycles. The standard InChI is InChI=1S/C28H47F3N8O/c1-5-10-21(11-6-2)35-18-20(8-4)25(32)37-27-36-19-23(28(29,30)31)26(38-27)34-13-9-15-39-16-14-33-22(12-7-3)17-24(39)40/h18-19,21-22,33,35H,5-17H2,1-4H3,(H3,32,34,36,37,38)/b20-18-. The number of hydrogen-bond acceptors (Lipinski definition) is 7. The third-order valence-electron chi connectivity index (χ3n) is 6.90. The van der Waals surface area contributed by atoms with Crippen molar-refractivity contribution in [3.8, 4) is 0 Å². The molecule has 0 saturated carbocycles. The molecule has 1 fully saturated rings. The lowest BCUT2D eigenvalue weighted by Gasteiger charge is -2.21. The number of amidine groups is 1. The van der Waals surface area contributed by atoms with Gasteiger partial charge in [0.05, 0.1) is 0 Å². The zero-order chi connectivity index (χ0) is 29.5. The molecule has 0 radical (unpaired) electrons. The first-order chi connectivity index (χ1) is 19.1. The van der Waals surface area contributed by atoms with Crippen molar-refractivity contribution in [1.82, 2.24) is 25.5 Å². The highest BCUT2D eigenvalue weighted by Crippen LogP contribution is 2.34. The second-order valence-electron chi connectivity index (χ2n) is 10.2. The van der Waals surface area contributed by atoms with Gasteiger partial charge in [0.15, 0.2) is 0 Å². The number of halogens is 3. The van der Waals surface area contributed by atoms with Crippen LogP contribution in [-0.4, -0.2) is 64.9 Å². The molecule has 2 rings (SSSR count). The predicted octanol–water partition coefficient (Wildman–Crippen LogP) is 5.13. The van der Waals surface area contributed by atoms with Crippen LogP contribution in [0.5, 0.6) is 0 Å². The highest BCUT2D eigenvalue weighted by Gasteiger charge is 2.35. The summed E-state index contributed by atoms with van der Waals surface area (Å²) in [5, 5.41) is 9.57. The maximum Gasteiger partial charge on any atom is 0.421 e. The molecule has 226 valence electrons. The first-order valence-electron chi connectivity index (χ1n) is 14.6. The maximum absolute atomic E-state index is 13.7. The molecule has 2 heterocycles. The molecular formula is C28H47F3N8O. The van der Waals surface area contributed by atoms with Crippen LogP contribution in [0.25, 0.3) is 0 Å². The number of aromatic nitrogens is 2. The second-order valence-corrected chi connectivity index (χ2v) is 10.2. The van der Waals surface area contributed by atoms with E-state index in [1.54, 1.807) is 4.90 Å². The SMILES string of the molecule is CCCC(CCC)N/C=C(CC)\C(N)=N\c1ncc(C(F)(F)F)c(NCCCN2CCNC(CCC)CC2=O)n1. The summed E-state index contributed by atoms with van der Waals surface area (Å²) in [6.45, 7) is 10.2. The Morgan fingerprint density at radius 1 is 1.25 bits per heavy atom. The quantitative estimate of drug-likeness (QED) is 0.124. The van der Waals surface area contributed by atoms with Crippen LogP contribution < -0.4 is 21.7 Å². The lowest BCUT2D eigenvalue weighted by atomic mass is 10.1. The minimum absolute atomic E-state index is 0.0681. The molecule has 1 amide bonds. The molecular weight excluding hydrogens is 521 g/mol. The Hall–Kier alpha value is -2.89. The Morgan fingerprint density at radius 2 is 1.98 bits per heavy atom. The molecule has 1 aliphatic rings. The zero-order valence-electron chi connectivity index (χ0n) is 24.4. The van der Waals surface area contributed by atoms with Gasteiger partial charge in [0, 0.05) is 62.7 Å². The number of hydrogen-bond donors (Lipinski definition) is 4. The van der Waals surface area contributed by atoms with E-state index in [1.165, 1.54) is 0 Å². The van der Waals surface area contributed by atoms with Gasteiger partial charge in [0.2, 0.25) is 5.91 Å². The molecule has 1 saturated heterocycles. The largest absolute Gasteiger partial charge is 0.421 e.